The van der Waals surface area contributed by atoms with E-state index in [-0.39, 0.29) is 0 Å². The third-order valence-electron chi connectivity index (χ3n) is 10.8. The van der Waals surface area contributed by atoms with Gasteiger partial charge in [-0.05, 0) is 0 Å². The zero-order valence-electron chi connectivity index (χ0n) is 31.2. The minimum absolute atomic E-state index is 0.677. The van der Waals surface area contributed by atoms with Crippen LogP contribution in [-0.2, 0) is 52.1 Å². The number of hydrogen-bond acceptors (Lipinski definition) is 26. The van der Waals surface area contributed by atoms with Crippen molar-refractivity contribution < 1.29 is 129 Å². The summed E-state index contributed by atoms with van der Waals surface area (Å²) in [4.78, 5) is 0. The van der Waals surface area contributed by atoms with Crippen LogP contribution >= 0.6 is 0 Å². The lowest BCUT2D eigenvalue weighted by molar-refractivity contribution is -0.386. The molecule has 5 heterocycles. The van der Waals surface area contributed by atoms with E-state index in [9.17, 15) is 76.6 Å². The zero-order chi connectivity index (χ0) is 42.7. The average molecular weight is 857 g/mol. The van der Waals surface area contributed by atoms with Gasteiger partial charge < -0.3 is 129 Å². The van der Waals surface area contributed by atoms with Crippen molar-refractivity contribution in [1.29, 1.82) is 0 Å². The van der Waals surface area contributed by atoms with Gasteiger partial charge in [0.2, 0.25) is 0 Å². The summed E-state index contributed by atoms with van der Waals surface area (Å²) in [7, 11) is 2.38. The SMILES string of the molecule is CO[C@@H]1C(CO)O[C@@H](O[C@H]2C(CO)O[C@H](OCC3O[C@@H](O[C@H]4C(CO)O[C@H](O)C(O)[C@@H]4O)C(O)[C@H](O)[C@H]3O[C@@H]3OC(CO)[C@@H](OC)[C@@H](O)C3O)C(O)[C@@H]2O)C(O)[C@@H]1O. The van der Waals surface area contributed by atoms with Crippen LogP contribution in [0.4, 0.5) is 0 Å². The Bertz CT molecular complexity index is 1230. The van der Waals surface area contributed by atoms with Crippen LogP contribution in [0.1, 0.15) is 0 Å². The first kappa shape index (κ1) is 48.0. The van der Waals surface area contributed by atoms with Crippen LogP contribution in [0, 0.1) is 0 Å². The summed E-state index contributed by atoms with van der Waals surface area (Å²) in [5.41, 5.74) is 0. The summed E-state index contributed by atoms with van der Waals surface area (Å²) in [5, 5.41) is 158. The average Bonchev–Trinajstić information content (AvgIpc) is 3.22. The molecule has 58 heavy (non-hydrogen) atoms. The Morgan fingerprint density at radius 1 is 0.345 bits per heavy atom. The van der Waals surface area contributed by atoms with Gasteiger partial charge in [0.05, 0.1) is 33.0 Å². The fourth-order valence-electron chi connectivity index (χ4n) is 7.48. The van der Waals surface area contributed by atoms with Gasteiger partial charge in [-0.2, -0.15) is 0 Å². The highest BCUT2D eigenvalue weighted by Crippen LogP contribution is 2.35. The van der Waals surface area contributed by atoms with Gasteiger partial charge in [-0.1, -0.05) is 0 Å². The predicted octanol–water partition coefficient (Wildman–Crippen LogP) is -10.6. The van der Waals surface area contributed by atoms with Crippen molar-refractivity contribution in [2.24, 2.45) is 0 Å². The van der Waals surface area contributed by atoms with Crippen LogP contribution < -0.4 is 0 Å². The van der Waals surface area contributed by atoms with Gasteiger partial charge in [-0.3, -0.25) is 0 Å². The molecule has 0 aromatic heterocycles. The fourth-order valence-corrected chi connectivity index (χ4v) is 7.48. The van der Waals surface area contributed by atoms with Gasteiger partial charge in [0, 0.05) is 14.2 Å². The molecule has 0 bridgehead atoms. The van der Waals surface area contributed by atoms with Gasteiger partial charge in [0.15, 0.2) is 31.5 Å². The Labute approximate surface area is 329 Å². The Morgan fingerprint density at radius 2 is 0.638 bits per heavy atom. The molecule has 340 valence electrons. The number of rotatable bonds is 15. The van der Waals surface area contributed by atoms with Crippen molar-refractivity contribution in [3.63, 3.8) is 0 Å². The molecule has 5 rings (SSSR count). The fraction of sp³-hybridized carbons (Fsp3) is 1.00. The predicted molar refractivity (Wildman–Crippen MR) is 176 cm³/mol. The first-order valence-corrected chi connectivity index (χ1v) is 18.4. The number of aliphatic hydroxyl groups is 15. The summed E-state index contributed by atoms with van der Waals surface area (Å²) >= 11 is 0. The molecule has 5 aliphatic heterocycles. The molecular formula is C32H56O26. The highest BCUT2D eigenvalue weighted by molar-refractivity contribution is 4.98. The van der Waals surface area contributed by atoms with Crippen molar-refractivity contribution >= 4 is 0 Å². The van der Waals surface area contributed by atoms with Crippen LogP contribution in [-0.4, -0.2) is 277 Å². The molecule has 0 saturated carbocycles. The topological polar surface area (TPSA) is 405 Å². The van der Waals surface area contributed by atoms with E-state index in [1.165, 1.54) is 14.2 Å². The summed E-state index contributed by atoms with van der Waals surface area (Å²) in [6.45, 7) is -4.01. The molecule has 26 nitrogen and oxygen atoms in total. The van der Waals surface area contributed by atoms with E-state index in [0.717, 1.165) is 0 Å². The van der Waals surface area contributed by atoms with E-state index in [1.807, 2.05) is 0 Å². The summed E-state index contributed by atoms with van der Waals surface area (Å²) in [5.74, 6) is 0. The standard InChI is InChI=1S/C32H56O26/c1-48-23-8(3-33)53-30(20(44)14(23)38)57-26-11(6-36)52-29(19(43)16(26)40)50-7-12-27(58-31-21(45)15(39)24(49-2)9(4-34)54-31)17(41)22(46)32(55-12)56-25-10(5-35)51-28(47)18(42)13(25)37/h8-47H,3-7H2,1-2H3/t8?,9?,10?,11?,12?,13-,14-,15-,16-,17-,18?,19?,20?,21?,22?,23+,24+,25-,26-,27-,28-,29-,30-,31-,32-/m0/s1. The smallest absolute Gasteiger partial charge is 0.187 e. The van der Waals surface area contributed by atoms with Crippen LogP contribution in [0.3, 0.4) is 0 Å². The summed E-state index contributed by atoms with van der Waals surface area (Å²) in [6, 6.07) is 0. The van der Waals surface area contributed by atoms with E-state index < -0.39 is 187 Å². The number of methoxy groups -OCH3 is 2. The van der Waals surface area contributed by atoms with E-state index >= 15 is 0 Å². The second-order valence-corrected chi connectivity index (χ2v) is 14.4. The van der Waals surface area contributed by atoms with Gasteiger partial charge in [-0.25, -0.2) is 0 Å². The Kier molecular flexibility index (Phi) is 17.3. The molecule has 5 aliphatic rings. The molecule has 15 N–H and O–H groups in total. The van der Waals surface area contributed by atoms with Crippen molar-refractivity contribution in [3.8, 4) is 0 Å². The van der Waals surface area contributed by atoms with Gasteiger partial charge in [-0.15, -0.1) is 0 Å². The Balaban J connectivity index is 1.34. The number of hydrogen-bond donors (Lipinski definition) is 15. The second kappa shape index (κ2) is 20.9. The second-order valence-electron chi connectivity index (χ2n) is 14.4. The lowest BCUT2D eigenvalue weighted by Crippen LogP contribution is -2.67. The maximum atomic E-state index is 11.4. The molecule has 5 saturated heterocycles. The quantitative estimate of drug-likeness (QED) is 0.0727. The van der Waals surface area contributed by atoms with Gasteiger partial charge in [0.1, 0.15) is 122 Å². The molecule has 0 radical (unpaired) electrons. The lowest BCUT2D eigenvalue weighted by atomic mass is 9.95. The van der Waals surface area contributed by atoms with Crippen molar-refractivity contribution in [1.82, 2.24) is 0 Å². The molecule has 0 aromatic carbocycles. The molecule has 26 heteroatoms. The number of ether oxygens (including phenoxy) is 11. The first-order valence-electron chi connectivity index (χ1n) is 18.4. The van der Waals surface area contributed by atoms with Crippen LogP contribution in [0.5, 0.6) is 0 Å². The summed E-state index contributed by atoms with van der Waals surface area (Å²) < 4.78 is 60.7. The molecule has 0 amide bonds. The third-order valence-corrected chi connectivity index (χ3v) is 10.8. The van der Waals surface area contributed by atoms with Crippen molar-refractivity contribution in [2.75, 3.05) is 47.3 Å². The van der Waals surface area contributed by atoms with E-state index in [4.69, 9.17) is 52.1 Å². The van der Waals surface area contributed by atoms with Crippen molar-refractivity contribution in [3.05, 3.63) is 0 Å². The van der Waals surface area contributed by atoms with Gasteiger partial charge >= 0.3 is 0 Å². The van der Waals surface area contributed by atoms with Crippen LogP contribution in [0.25, 0.3) is 0 Å². The molecular weight excluding hydrogens is 800 g/mol. The normalized spacial score (nSPS) is 51.8. The van der Waals surface area contributed by atoms with Gasteiger partial charge in [0.25, 0.3) is 0 Å². The molecule has 5 fully saturated rings. The minimum atomic E-state index is -2.10. The maximum absolute atomic E-state index is 11.4. The van der Waals surface area contributed by atoms with E-state index in [2.05, 4.69) is 0 Å². The Hall–Kier alpha value is -1.04. The largest absolute Gasteiger partial charge is 0.394 e. The van der Waals surface area contributed by atoms with E-state index in [1.54, 1.807) is 0 Å². The monoisotopic (exact) mass is 856 g/mol. The highest BCUT2D eigenvalue weighted by atomic mass is 16.8. The molecule has 10 unspecified atom stereocenters. The maximum Gasteiger partial charge on any atom is 0.187 e. The number of aliphatic hydroxyl groups excluding tert-OH is 15. The highest BCUT2D eigenvalue weighted by Gasteiger charge is 2.55. The minimum Gasteiger partial charge on any atom is -0.394 e. The molecule has 0 aliphatic carbocycles. The molecule has 25 atom stereocenters. The molecule has 0 aromatic rings. The zero-order valence-corrected chi connectivity index (χ0v) is 31.2. The van der Waals surface area contributed by atoms with Crippen LogP contribution in [0.2, 0.25) is 0 Å². The molecule has 0 spiro atoms. The van der Waals surface area contributed by atoms with E-state index in [0.29, 0.717) is 0 Å². The van der Waals surface area contributed by atoms with Crippen LogP contribution in [0.15, 0.2) is 0 Å². The Morgan fingerprint density at radius 3 is 1.03 bits per heavy atom. The first-order chi connectivity index (χ1) is 27.6. The third kappa shape index (κ3) is 9.77. The lowest BCUT2D eigenvalue weighted by Gasteiger charge is -2.49. The van der Waals surface area contributed by atoms with Crippen molar-refractivity contribution in [2.45, 2.75) is 154 Å². The summed E-state index contributed by atoms with van der Waals surface area (Å²) in [6.07, 6.45) is -43.2.